The standard InChI is InChI=1S/C15H29N3O2/c1-16(10-11-20-2)13-15(19)18-9-6-14(12-18)17-7-4-3-5-8-17/h14H,3-13H2,1-2H3/t14-/m1/s1. The van der Waals surface area contributed by atoms with E-state index < -0.39 is 0 Å². The molecule has 0 aromatic rings. The number of piperidine rings is 1. The van der Waals surface area contributed by atoms with Gasteiger partial charge in [-0.2, -0.15) is 0 Å². The first kappa shape index (κ1) is 15.7. The third-order valence-corrected chi connectivity index (χ3v) is 4.51. The fraction of sp³-hybridized carbons (Fsp3) is 0.933. The van der Waals surface area contributed by atoms with Gasteiger partial charge < -0.3 is 9.64 Å². The van der Waals surface area contributed by atoms with Gasteiger partial charge in [0, 0.05) is 32.8 Å². The van der Waals surface area contributed by atoms with E-state index in [0.717, 1.165) is 26.1 Å². The summed E-state index contributed by atoms with van der Waals surface area (Å²) in [6.45, 7) is 6.30. The predicted molar refractivity (Wildman–Crippen MR) is 79.8 cm³/mol. The van der Waals surface area contributed by atoms with Crippen LogP contribution in [0.15, 0.2) is 0 Å². The molecular weight excluding hydrogens is 254 g/mol. The smallest absolute Gasteiger partial charge is 0.236 e. The third-order valence-electron chi connectivity index (χ3n) is 4.51. The Balaban J connectivity index is 1.72. The summed E-state index contributed by atoms with van der Waals surface area (Å²) < 4.78 is 5.04. The minimum Gasteiger partial charge on any atom is -0.383 e. The van der Waals surface area contributed by atoms with Crippen LogP contribution in [0, 0.1) is 0 Å². The van der Waals surface area contributed by atoms with Gasteiger partial charge in [0.1, 0.15) is 0 Å². The first-order valence-electron chi connectivity index (χ1n) is 7.90. The van der Waals surface area contributed by atoms with E-state index >= 15 is 0 Å². The van der Waals surface area contributed by atoms with Crippen molar-refractivity contribution in [2.75, 3.05) is 60.0 Å². The maximum atomic E-state index is 12.3. The number of amides is 1. The van der Waals surface area contributed by atoms with Gasteiger partial charge in [-0.3, -0.25) is 14.6 Å². The highest BCUT2D eigenvalue weighted by atomic mass is 16.5. The zero-order valence-electron chi connectivity index (χ0n) is 13.0. The molecule has 1 amide bonds. The molecule has 0 saturated carbocycles. The van der Waals surface area contributed by atoms with Gasteiger partial charge in [-0.05, 0) is 39.4 Å². The van der Waals surface area contributed by atoms with Crippen molar-refractivity contribution in [3.63, 3.8) is 0 Å². The van der Waals surface area contributed by atoms with Gasteiger partial charge in [-0.15, -0.1) is 0 Å². The highest BCUT2D eigenvalue weighted by Crippen LogP contribution is 2.20. The average molecular weight is 283 g/mol. The third kappa shape index (κ3) is 4.43. The van der Waals surface area contributed by atoms with Gasteiger partial charge in [0.05, 0.1) is 13.2 Å². The molecule has 116 valence electrons. The van der Waals surface area contributed by atoms with Gasteiger partial charge in [-0.25, -0.2) is 0 Å². The van der Waals surface area contributed by atoms with Crippen LogP contribution < -0.4 is 0 Å². The number of likely N-dealkylation sites (tertiary alicyclic amines) is 2. The number of carbonyl (C=O) groups excluding carboxylic acids is 1. The monoisotopic (exact) mass is 283 g/mol. The summed E-state index contributed by atoms with van der Waals surface area (Å²) in [6.07, 6.45) is 5.16. The number of ether oxygens (including phenoxy) is 1. The van der Waals surface area contributed by atoms with E-state index in [4.69, 9.17) is 4.74 Å². The Bertz CT molecular complexity index is 305. The summed E-state index contributed by atoms with van der Waals surface area (Å²) >= 11 is 0. The van der Waals surface area contributed by atoms with Crippen molar-refractivity contribution >= 4 is 5.91 Å². The number of likely N-dealkylation sites (N-methyl/N-ethyl adjacent to an activating group) is 1. The molecule has 2 aliphatic rings. The minimum absolute atomic E-state index is 0.267. The molecule has 20 heavy (non-hydrogen) atoms. The molecule has 0 aromatic heterocycles. The molecule has 2 rings (SSSR count). The fourth-order valence-corrected chi connectivity index (χ4v) is 3.21. The zero-order chi connectivity index (χ0) is 14.4. The molecule has 2 saturated heterocycles. The van der Waals surface area contributed by atoms with Crippen molar-refractivity contribution in [3.05, 3.63) is 0 Å². The van der Waals surface area contributed by atoms with Gasteiger partial charge in [-0.1, -0.05) is 6.42 Å². The molecule has 5 heteroatoms. The fourth-order valence-electron chi connectivity index (χ4n) is 3.21. The maximum absolute atomic E-state index is 12.3. The summed E-state index contributed by atoms with van der Waals surface area (Å²) in [5, 5.41) is 0. The van der Waals surface area contributed by atoms with Crippen LogP contribution in [0.4, 0.5) is 0 Å². The van der Waals surface area contributed by atoms with E-state index in [0.29, 0.717) is 19.2 Å². The number of rotatable bonds is 6. The van der Waals surface area contributed by atoms with Crippen molar-refractivity contribution < 1.29 is 9.53 Å². The SMILES string of the molecule is COCCN(C)CC(=O)N1CC[C@@H](N2CCCCC2)C1. The Morgan fingerprint density at radius 3 is 2.70 bits per heavy atom. The molecule has 2 aliphatic heterocycles. The van der Waals surface area contributed by atoms with Crippen LogP contribution in [0.25, 0.3) is 0 Å². The highest BCUT2D eigenvalue weighted by molar-refractivity contribution is 5.78. The molecule has 2 heterocycles. The Morgan fingerprint density at radius 1 is 1.25 bits per heavy atom. The second kappa shape index (κ2) is 7.96. The normalized spacial score (nSPS) is 24.6. The Morgan fingerprint density at radius 2 is 2.00 bits per heavy atom. The van der Waals surface area contributed by atoms with Crippen LogP contribution in [0.2, 0.25) is 0 Å². The quantitative estimate of drug-likeness (QED) is 0.717. The number of nitrogens with zero attached hydrogens (tertiary/aromatic N) is 3. The van der Waals surface area contributed by atoms with E-state index in [1.165, 1.54) is 32.4 Å². The van der Waals surface area contributed by atoms with Crippen LogP contribution in [0.1, 0.15) is 25.7 Å². The minimum atomic E-state index is 0.267. The summed E-state index contributed by atoms with van der Waals surface area (Å²) in [4.78, 5) is 18.9. The summed E-state index contributed by atoms with van der Waals surface area (Å²) in [5.41, 5.74) is 0. The molecule has 0 radical (unpaired) electrons. The molecule has 0 bridgehead atoms. The Kier molecular flexibility index (Phi) is 6.26. The van der Waals surface area contributed by atoms with Gasteiger partial charge in [0.15, 0.2) is 0 Å². The van der Waals surface area contributed by atoms with Crippen molar-refractivity contribution in [1.29, 1.82) is 0 Å². The lowest BCUT2D eigenvalue weighted by Gasteiger charge is -2.32. The van der Waals surface area contributed by atoms with E-state index in [1.807, 2.05) is 16.8 Å². The molecule has 0 aliphatic carbocycles. The van der Waals surface area contributed by atoms with E-state index in [-0.39, 0.29) is 5.91 Å². The van der Waals surface area contributed by atoms with Crippen molar-refractivity contribution in [1.82, 2.24) is 14.7 Å². The number of hydrogen-bond acceptors (Lipinski definition) is 4. The summed E-state index contributed by atoms with van der Waals surface area (Å²) in [6, 6.07) is 0.600. The zero-order valence-corrected chi connectivity index (χ0v) is 13.0. The van der Waals surface area contributed by atoms with Crippen LogP contribution in [-0.4, -0.2) is 86.7 Å². The first-order chi connectivity index (χ1) is 9.70. The molecule has 0 unspecified atom stereocenters. The van der Waals surface area contributed by atoms with Crippen molar-refractivity contribution in [3.8, 4) is 0 Å². The van der Waals surface area contributed by atoms with Crippen LogP contribution in [0.5, 0.6) is 0 Å². The van der Waals surface area contributed by atoms with E-state index in [1.54, 1.807) is 7.11 Å². The number of hydrogen-bond donors (Lipinski definition) is 0. The largest absolute Gasteiger partial charge is 0.383 e. The summed E-state index contributed by atoms with van der Waals surface area (Å²) in [7, 11) is 3.68. The highest BCUT2D eigenvalue weighted by Gasteiger charge is 2.30. The van der Waals surface area contributed by atoms with Crippen LogP contribution in [-0.2, 0) is 9.53 Å². The van der Waals surface area contributed by atoms with E-state index in [9.17, 15) is 4.79 Å². The van der Waals surface area contributed by atoms with Crippen molar-refractivity contribution in [2.45, 2.75) is 31.7 Å². The Hall–Kier alpha value is -0.650. The number of methoxy groups -OCH3 is 1. The van der Waals surface area contributed by atoms with E-state index in [2.05, 4.69) is 4.90 Å². The molecule has 0 N–H and O–H groups in total. The lowest BCUT2D eigenvalue weighted by Crippen LogP contribution is -2.43. The van der Waals surface area contributed by atoms with Crippen LogP contribution in [0.3, 0.4) is 0 Å². The number of carbonyl (C=O) groups is 1. The predicted octanol–water partition coefficient (Wildman–Crippen LogP) is 0.651. The lowest BCUT2D eigenvalue weighted by atomic mass is 10.1. The van der Waals surface area contributed by atoms with Crippen LogP contribution >= 0.6 is 0 Å². The Labute approximate surface area is 122 Å². The topological polar surface area (TPSA) is 36.0 Å². The average Bonchev–Trinajstić information content (AvgIpc) is 2.96. The second-order valence-electron chi connectivity index (χ2n) is 6.11. The van der Waals surface area contributed by atoms with Gasteiger partial charge in [0.25, 0.3) is 0 Å². The van der Waals surface area contributed by atoms with Gasteiger partial charge in [0.2, 0.25) is 5.91 Å². The summed E-state index contributed by atoms with van der Waals surface area (Å²) in [5.74, 6) is 0.267. The molecular formula is C15H29N3O2. The second-order valence-corrected chi connectivity index (χ2v) is 6.11. The molecule has 0 aromatic carbocycles. The molecule has 1 atom stereocenters. The molecule has 5 nitrogen and oxygen atoms in total. The molecule has 0 spiro atoms. The first-order valence-corrected chi connectivity index (χ1v) is 7.90. The molecule has 2 fully saturated rings. The van der Waals surface area contributed by atoms with Gasteiger partial charge >= 0.3 is 0 Å². The maximum Gasteiger partial charge on any atom is 0.236 e. The van der Waals surface area contributed by atoms with Crippen molar-refractivity contribution in [2.24, 2.45) is 0 Å². The lowest BCUT2D eigenvalue weighted by molar-refractivity contribution is -0.131.